The quantitative estimate of drug-likeness (QED) is 0.320. The van der Waals surface area contributed by atoms with Gasteiger partial charge in [0.2, 0.25) is 5.91 Å². The van der Waals surface area contributed by atoms with Crippen LogP contribution < -0.4 is 10.2 Å². The van der Waals surface area contributed by atoms with Crippen LogP contribution >= 0.6 is 11.3 Å². The van der Waals surface area contributed by atoms with Gasteiger partial charge in [-0.2, -0.15) is 0 Å². The number of ketones is 2. The highest BCUT2D eigenvalue weighted by Gasteiger charge is 2.70. The lowest BCUT2D eigenvalue weighted by Gasteiger charge is -2.39. The molecule has 1 fully saturated rings. The van der Waals surface area contributed by atoms with Gasteiger partial charge in [-0.3, -0.25) is 14.4 Å². The molecule has 4 aromatic rings. The lowest BCUT2D eigenvalue weighted by molar-refractivity contribution is -0.121. The number of nitrogens with one attached hydrogen (secondary N) is 1. The second kappa shape index (κ2) is 8.58. The van der Waals surface area contributed by atoms with E-state index in [9.17, 15) is 18.8 Å². The zero-order valence-electron chi connectivity index (χ0n) is 20.9. The summed E-state index contributed by atoms with van der Waals surface area (Å²) in [7, 11) is 0. The van der Waals surface area contributed by atoms with E-state index in [4.69, 9.17) is 0 Å². The van der Waals surface area contributed by atoms with Gasteiger partial charge in [0.05, 0.1) is 16.8 Å². The number of carbonyl (C=O) groups excluding carboxylic acids is 3. The van der Waals surface area contributed by atoms with Gasteiger partial charge < -0.3 is 10.2 Å². The Bertz CT molecular complexity index is 1690. The Labute approximate surface area is 228 Å². The Kier molecular flexibility index (Phi) is 5.22. The molecule has 7 heteroatoms. The van der Waals surface area contributed by atoms with Crippen LogP contribution in [0.25, 0.3) is 5.57 Å². The summed E-state index contributed by atoms with van der Waals surface area (Å²) in [6.07, 6.45) is 2.02. The fourth-order valence-corrected chi connectivity index (χ4v) is 7.44. The third kappa shape index (κ3) is 3.20. The molecular formula is C32H23FN2O3S. The molecule has 4 atom stereocenters. The molecule has 7 rings (SSSR count). The molecule has 1 spiro atoms. The molecule has 1 aromatic heterocycles. The summed E-state index contributed by atoms with van der Waals surface area (Å²) in [5.41, 5.74) is 2.94. The molecule has 3 aromatic carbocycles. The SMILES string of the molecule is CC1=C[C@H]2N(c3ccccc31)[C@H](C(=O)c1cccs1)[C@@H](C(=O)c1ccc(F)cc1)[C@]21C(=O)Nc2ccccc21. The maximum atomic E-state index is 14.6. The van der Waals surface area contributed by atoms with Gasteiger partial charge in [-0.25, -0.2) is 4.39 Å². The van der Waals surface area contributed by atoms with Crippen molar-refractivity contribution in [2.75, 3.05) is 10.2 Å². The van der Waals surface area contributed by atoms with Gasteiger partial charge in [0, 0.05) is 22.5 Å². The number of rotatable bonds is 4. The van der Waals surface area contributed by atoms with Crippen molar-refractivity contribution in [3.63, 3.8) is 0 Å². The normalized spacial score (nSPS) is 24.6. The first-order valence-electron chi connectivity index (χ1n) is 12.8. The Morgan fingerprint density at radius 1 is 0.923 bits per heavy atom. The summed E-state index contributed by atoms with van der Waals surface area (Å²) < 4.78 is 13.9. The van der Waals surface area contributed by atoms with Gasteiger partial charge in [-0.05, 0) is 65.9 Å². The molecule has 1 saturated heterocycles. The van der Waals surface area contributed by atoms with Crippen molar-refractivity contribution in [2.24, 2.45) is 5.92 Å². The van der Waals surface area contributed by atoms with E-state index in [1.54, 1.807) is 6.07 Å². The minimum Gasteiger partial charge on any atom is -0.352 e. The van der Waals surface area contributed by atoms with Crippen molar-refractivity contribution in [3.05, 3.63) is 124 Å². The highest BCUT2D eigenvalue weighted by atomic mass is 32.1. The van der Waals surface area contributed by atoms with Gasteiger partial charge in [0.1, 0.15) is 17.3 Å². The predicted octanol–water partition coefficient (Wildman–Crippen LogP) is 6.13. The smallest absolute Gasteiger partial charge is 0.238 e. The Morgan fingerprint density at radius 3 is 2.44 bits per heavy atom. The number of halogens is 1. The van der Waals surface area contributed by atoms with Crippen LogP contribution in [-0.2, 0) is 10.2 Å². The van der Waals surface area contributed by atoms with E-state index in [0.29, 0.717) is 16.1 Å². The van der Waals surface area contributed by atoms with E-state index in [-0.39, 0.29) is 23.0 Å². The van der Waals surface area contributed by atoms with Gasteiger partial charge in [-0.1, -0.05) is 48.5 Å². The zero-order chi connectivity index (χ0) is 26.9. The standard InChI is InChI=1S/C32H23FN2O3S/c1-18-17-26-32(22-8-3-4-9-23(22)34-31(32)38)27(29(36)19-12-14-20(33)15-13-19)28(30(37)25-11-6-16-39-25)35(26)24-10-5-2-7-21(18)24/h2-17,26-28H,1H3,(H,34,38)/t26-,27+,28+,32-/m1/s1. The zero-order valence-corrected chi connectivity index (χ0v) is 21.7. The summed E-state index contributed by atoms with van der Waals surface area (Å²) in [6.45, 7) is 1.99. The number of anilines is 2. The fraction of sp³-hybridized carbons (Fsp3) is 0.156. The summed E-state index contributed by atoms with van der Waals surface area (Å²) >= 11 is 1.31. The third-order valence-corrected chi connectivity index (χ3v) is 9.21. The Balaban J connectivity index is 1.56. The summed E-state index contributed by atoms with van der Waals surface area (Å²) in [4.78, 5) is 45.8. The van der Waals surface area contributed by atoms with E-state index in [0.717, 1.165) is 16.8 Å². The van der Waals surface area contributed by atoms with Crippen LogP contribution in [0.5, 0.6) is 0 Å². The van der Waals surface area contributed by atoms with Crippen molar-refractivity contribution in [3.8, 4) is 0 Å². The van der Waals surface area contributed by atoms with E-state index < -0.39 is 29.2 Å². The number of para-hydroxylation sites is 2. The fourth-order valence-electron chi connectivity index (χ4n) is 6.75. The molecule has 0 bridgehead atoms. The minimum atomic E-state index is -1.38. The molecule has 1 amide bonds. The molecule has 192 valence electrons. The van der Waals surface area contributed by atoms with E-state index in [1.165, 1.54) is 35.6 Å². The van der Waals surface area contributed by atoms with Crippen LogP contribution in [0.1, 0.15) is 38.1 Å². The van der Waals surface area contributed by atoms with Crippen LogP contribution in [0.4, 0.5) is 15.8 Å². The first-order chi connectivity index (χ1) is 18.9. The maximum absolute atomic E-state index is 14.6. The van der Waals surface area contributed by atoms with Crippen LogP contribution in [-0.4, -0.2) is 29.6 Å². The second-order valence-corrected chi connectivity index (χ2v) is 11.2. The summed E-state index contributed by atoms with van der Waals surface area (Å²) in [5.74, 6) is -2.43. The number of allylic oxidation sites excluding steroid dienone is 1. The Hall–Kier alpha value is -4.36. The highest BCUT2D eigenvalue weighted by molar-refractivity contribution is 7.12. The first-order valence-corrected chi connectivity index (χ1v) is 13.7. The van der Waals surface area contributed by atoms with Gasteiger partial charge >= 0.3 is 0 Å². The van der Waals surface area contributed by atoms with E-state index >= 15 is 0 Å². The molecule has 0 aliphatic carbocycles. The molecular weight excluding hydrogens is 511 g/mol. The van der Waals surface area contributed by atoms with Crippen molar-refractivity contribution in [1.82, 2.24) is 0 Å². The summed E-state index contributed by atoms with van der Waals surface area (Å²) in [5, 5.41) is 4.86. The topological polar surface area (TPSA) is 66.5 Å². The number of nitrogens with zero attached hydrogens (tertiary/aromatic N) is 1. The molecule has 1 N–H and O–H groups in total. The molecule has 39 heavy (non-hydrogen) atoms. The van der Waals surface area contributed by atoms with Crippen molar-refractivity contribution in [2.45, 2.75) is 24.4 Å². The number of benzene rings is 3. The van der Waals surface area contributed by atoms with Gasteiger partial charge in [-0.15, -0.1) is 11.3 Å². The minimum absolute atomic E-state index is 0.215. The van der Waals surface area contributed by atoms with Crippen LogP contribution in [0, 0.1) is 11.7 Å². The van der Waals surface area contributed by atoms with Gasteiger partial charge in [0.25, 0.3) is 0 Å². The number of hydrogen-bond donors (Lipinski definition) is 1. The molecule has 3 aliphatic rings. The highest BCUT2D eigenvalue weighted by Crippen LogP contribution is 2.58. The summed E-state index contributed by atoms with van der Waals surface area (Å²) in [6, 6.07) is 22.5. The third-order valence-electron chi connectivity index (χ3n) is 8.33. The number of fused-ring (bicyclic) bond motifs is 6. The first kappa shape index (κ1) is 23.7. The number of hydrogen-bond acceptors (Lipinski definition) is 5. The van der Waals surface area contributed by atoms with Gasteiger partial charge in [0.15, 0.2) is 11.6 Å². The maximum Gasteiger partial charge on any atom is 0.238 e. The molecule has 5 nitrogen and oxygen atoms in total. The molecule has 3 aliphatic heterocycles. The number of amides is 1. The van der Waals surface area contributed by atoms with Crippen molar-refractivity contribution >= 4 is 45.8 Å². The van der Waals surface area contributed by atoms with Crippen LogP contribution in [0.3, 0.4) is 0 Å². The predicted molar refractivity (Wildman–Crippen MR) is 150 cm³/mol. The molecule has 0 saturated carbocycles. The lowest BCUT2D eigenvalue weighted by Crippen LogP contribution is -2.51. The average Bonchev–Trinajstić information content (AvgIpc) is 3.66. The van der Waals surface area contributed by atoms with Crippen LogP contribution in [0.15, 0.2) is 96.4 Å². The molecule has 0 radical (unpaired) electrons. The Morgan fingerprint density at radius 2 is 1.67 bits per heavy atom. The number of Topliss-reactive ketones (excluding diaryl/α,β-unsaturated/α-hetero) is 2. The van der Waals surface area contributed by atoms with Crippen molar-refractivity contribution in [1.29, 1.82) is 0 Å². The monoisotopic (exact) mass is 534 g/mol. The number of carbonyl (C=O) groups is 3. The molecule has 4 heterocycles. The lowest BCUT2D eigenvalue weighted by atomic mass is 9.64. The van der Waals surface area contributed by atoms with E-state index in [2.05, 4.69) is 5.32 Å². The molecule has 0 unspecified atom stereocenters. The van der Waals surface area contributed by atoms with E-state index in [1.807, 2.05) is 77.9 Å². The second-order valence-electron chi connectivity index (χ2n) is 10.2. The van der Waals surface area contributed by atoms with Crippen molar-refractivity contribution < 1.29 is 18.8 Å². The average molecular weight is 535 g/mol. The largest absolute Gasteiger partial charge is 0.352 e. The number of thiophene rings is 1. The van der Waals surface area contributed by atoms with Crippen LogP contribution in [0.2, 0.25) is 0 Å².